The summed E-state index contributed by atoms with van der Waals surface area (Å²) in [5.74, 6) is 0.102. The number of fused-ring (bicyclic) bond motifs is 1. The van der Waals surface area contributed by atoms with Crippen molar-refractivity contribution in [3.63, 3.8) is 0 Å². The summed E-state index contributed by atoms with van der Waals surface area (Å²) in [5, 5.41) is 16.5. The van der Waals surface area contributed by atoms with E-state index in [0.29, 0.717) is 17.5 Å². The molecule has 0 fully saturated rings. The number of pyridine rings is 1. The standard InChI is InChI=1S/C18H18N2O2S/c1-2-5-15(21)20-17(14-7-4-11-23-14)13-9-8-12-6-3-10-19-16(12)18(13)22/h3-4,6-11,17,22H,2,5H2,1H3,(H,20,21)/t17-/m1/s1. The van der Waals surface area contributed by atoms with Gasteiger partial charge in [0.25, 0.3) is 0 Å². The molecule has 0 unspecified atom stereocenters. The first-order valence-electron chi connectivity index (χ1n) is 7.60. The van der Waals surface area contributed by atoms with Crippen molar-refractivity contribution in [3.8, 4) is 5.75 Å². The second kappa shape index (κ2) is 6.79. The zero-order chi connectivity index (χ0) is 16.2. The summed E-state index contributed by atoms with van der Waals surface area (Å²) >= 11 is 1.55. The van der Waals surface area contributed by atoms with E-state index in [1.54, 1.807) is 17.5 Å². The molecule has 2 heterocycles. The Bertz CT molecular complexity index is 815. The molecule has 0 aliphatic carbocycles. The summed E-state index contributed by atoms with van der Waals surface area (Å²) < 4.78 is 0. The highest BCUT2D eigenvalue weighted by molar-refractivity contribution is 7.10. The first kappa shape index (κ1) is 15.5. The Kier molecular flexibility index (Phi) is 4.57. The number of phenolic OH excluding ortho intramolecular Hbond substituents is 1. The van der Waals surface area contributed by atoms with Gasteiger partial charge in [-0.05, 0) is 23.9 Å². The van der Waals surface area contributed by atoms with Crippen LogP contribution >= 0.6 is 11.3 Å². The third kappa shape index (κ3) is 3.19. The molecule has 5 heteroatoms. The number of carbonyl (C=O) groups is 1. The van der Waals surface area contributed by atoms with Crippen molar-refractivity contribution in [2.45, 2.75) is 25.8 Å². The monoisotopic (exact) mass is 326 g/mol. The van der Waals surface area contributed by atoms with E-state index in [4.69, 9.17) is 0 Å². The summed E-state index contributed by atoms with van der Waals surface area (Å²) in [4.78, 5) is 17.3. The van der Waals surface area contributed by atoms with Gasteiger partial charge in [-0.3, -0.25) is 9.78 Å². The first-order valence-corrected chi connectivity index (χ1v) is 8.48. The average Bonchev–Trinajstić information content (AvgIpc) is 3.08. The van der Waals surface area contributed by atoms with Gasteiger partial charge in [-0.2, -0.15) is 0 Å². The lowest BCUT2D eigenvalue weighted by atomic mass is 10.0. The summed E-state index contributed by atoms with van der Waals surface area (Å²) in [5.41, 5.74) is 1.22. The molecule has 23 heavy (non-hydrogen) atoms. The van der Waals surface area contributed by atoms with E-state index in [2.05, 4.69) is 10.3 Å². The number of amides is 1. The Morgan fingerprint density at radius 2 is 2.17 bits per heavy atom. The van der Waals surface area contributed by atoms with E-state index in [1.165, 1.54) is 0 Å². The Balaban J connectivity index is 2.06. The van der Waals surface area contributed by atoms with E-state index in [9.17, 15) is 9.90 Å². The summed E-state index contributed by atoms with van der Waals surface area (Å²) in [6, 6.07) is 11.1. The van der Waals surface area contributed by atoms with Crippen molar-refractivity contribution in [1.29, 1.82) is 0 Å². The lowest BCUT2D eigenvalue weighted by Crippen LogP contribution is -2.28. The van der Waals surface area contributed by atoms with Gasteiger partial charge in [-0.1, -0.05) is 31.2 Å². The molecule has 1 amide bonds. The van der Waals surface area contributed by atoms with Gasteiger partial charge in [0.05, 0.1) is 6.04 Å². The van der Waals surface area contributed by atoms with E-state index >= 15 is 0 Å². The zero-order valence-electron chi connectivity index (χ0n) is 12.8. The van der Waals surface area contributed by atoms with Crippen molar-refractivity contribution >= 4 is 28.1 Å². The van der Waals surface area contributed by atoms with Gasteiger partial charge in [0.1, 0.15) is 11.3 Å². The van der Waals surface area contributed by atoms with Crippen LogP contribution in [0.25, 0.3) is 10.9 Å². The molecule has 0 spiro atoms. The van der Waals surface area contributed by atoms with Crippen molar-refractivity contribution in [2.75, 3.05) is 0 Å². The second-order valence-corrected chi connectivity index (χ2v) is 6.32. The predicted octanol–water partition coefficient (Wildman–Crippen LogP) is 4.01. The predicted molar refractivity (Wildman–Crippen MR) is 92.6 cm³/mol. The van der Waals surface area contributed by atoms with E-state index < -0.39 is 0 Å². The molecule has 0 saturated heterocycles. The van der Waals surface area contributed by atoms with Crippen LogP contribution in [0.3, 0.4) is 0 Å². The second-order valence-electron chi connectivity index (χ2n) is 5.34. The third-order valence-electron chi connectivity index (χ3n) is 3.70. The highest BCUT2D eigenvalue weighted by Crippen LogP contribution is 2.35. The fourth-order valence-corrected chi connectivity index (χ4v) is 3.39. The van der Waals surface area contributed by atoms with Crippen LogP contribution in [-0.2, 0) is 4.79 Å². The van der Waals surface area contributed by atoms with Gasteiger partial charge in [-0.25, -0.2) is 0 Å². The van der Waals surface area contributed by atoms with Crippen molar-refractivity contribution in [3.05, 3.63) is 58.4 Å². The van der Waals surface area contributed by atoms with Gasteiger partial charge < -0.3 is 10.4 Å². The van der Waals surface area contributed by atoms with Crippen LogP contribution in [0.5, 0.6) is 5.75 Å². The number of nitrogens with one attached hydrogen (secondary N) is 1. The van der Waals surface area contributed by atoms with Gasteiger partial charge in [0, 0.05) is 28.4 Å². The van der Waals surface area contributed by atoms with Gasteiger partial charge in [0.2, 0.25) is 5.91 Å². The minimum Gasteiger partial charge on any atom is -0.505 e. The lowest BCUT2D eigenvalue weighted by Gasteiger charge is -2.19. The molecule has 1 atom stereocenters. The molecular formula is C18H18N2O2S. The van der Waals surface area contributed by atoms with Gasteiger partial charge >= 0.3 is 0 Å². The Hall–Kier alpha value is -2.40. The number of hydrogen-bond acceptors (Lipinski definition) is 4. The molecule has 0 radical (unpaired) electrons. The molecule has 0 aliphatic heterocycles. The number of benzene rings is 1. The Labute approximate surface area is 138 Å². The fourth-order valence-electron chi connectivity index (χ4n) is 2.60. The maximum Gasteiger partial charge on any atom is 0.220 e. The van der Waals surface area contributed by atoms with Crippen LogP contribution < -0.4 is 5.32 Å². The molecule has 3 rings (SSSR count). The van der Waals surface area contributed by atoms with E-state index in [-0.39, 0.29) is 17.7 Å². The largest absolute Gasteiger partial charge is 0.505 e. The maximum absolute atomic E-state index is 12.1. The molecule has 118 valence electrons. The van der Waals surface area contributed by atoms with Crippen molar-refractivity contribution in [1.82, 2.24) is 10.3 Å². The molecule has 0 saturated carbocycles. The molecule has 1 aromatic carbocycles. The number of aromatic nitrogens is 1. The van der Waals surface area contributed by atoms with Crippen LogP contribution in [0.4, 0.5) is 0 Å². The van der Waals surface area contributed by atoms with Crippen molar-refractivity contribution < 1.29 is 9.90 Å². The molecule has 0 aliphatic rings. The van der Waals surface area contributed by atoms with Gasteiger partial charge in [0.15, 0.2) is 0 Å². The normalized spacial score (nSPS) is 12.2. The number of carbonyl (C=O) groups excluding carboxylic acids is 1. The van der Waals surface area contributed by atoms with Crippen LogP contribution in [-0.4, -0.2) is 16.0 Å². The molecule has 2 aromatic heterocycles. The minimum atomic E-state index is -0.361. The number of nitrogens with zero attached hydrogens (tertiary/aromatic N) is 1. The van der Waals surface area contributed by atoms with Crippen LogP contribution in [0.15, 0.2) is 48.0 Å². The quantitative estimate of drug-likeness (QED) is 0.745. The molecule has 2 N–H and O–H groups in total. The highest BCUT2D eigenvalue weighted by atomic mass is 32.1. The smallest absolute Gasteiger partial charge is 0.220 e. The summed E-state index contributed by atoms with van der Waals surface area (Å²) in [6.45, 7) is 1.97. The van der Waals surface area contributed by atoms with Crippen LogP contribution in [0.2, 0.25) is 0 Å². The maximum atomic E-state index is 12.1. The first-order chi connectivity index (χ1) is 11.2. The average molecular weight is 326 g/mol. The zero-order valence-corrected chi connectivity index (χ0v) is 13.6. The lowest BCUT2D eigenvalue weighted by molar-refractivity contribution is -0.121. The van der Waals surface area contributed by atoms with E-state index in [0.717, 1.165) is 16.7 Å². The summed E-state index contributed by atoms with van der Waals surface area (Å²) in [6.07, 6.45) is 2.91. The molecule has 3 aromatic rings. The number of hydrogen-bond donors (Lipinski definition) is 2. The molecular weight excluding hydrogens is 308 g/mol. The van der Waals surface area contributed by atoms with Crippen LogP contribution in [0.1, 0.15) is 36.2 Å². The van der Waals surface area contributed by atoms with Crippen molar-refractivity contribution in [2.24, 2.45) is 0 Å². The fraction of sp³-hybridized carbons (Fsp3) is 0.222. The number of phenols is 1. The molecule has 0 bridgehead atoms. The highest BCUT2D eigenvalue weighted by Gasteiger charge is 2.22. The molecule has 4 nitrogen and oxygen atoms in total. The third-order valence-corrected chi connectivity index (χ3v) is 4.64. The SMILES string of the molecule is CCCC(=O)N[C@@H](c1cccs1)c1ccc2cccnc2c1O. The number of thiophene rings is 1. The minimum absolute atomic E-state index is 0.0218. The number of aromatic hydroxyl groups is 1. The van der Waals surface area contributed by atoms with E-state index in [1.807, 2.05) is 48.7 Å². The Morgan fingerprint density at radius 3 is 2.91 bits per heavy atom. The number of rotatable bonds is 5. The summed E-state index contributed by atoms with van der Waals surface area (Å²) in [7, 11) is 0. The van der Waals surface area contributed by atoms with Gasteiger partial charge in [-0.15, -0.1) is 11.3 Å². The van der Waals surface area contributed by atoms with Crippen LogP contribution in [0, 0.1) is 0 Å². The topological polar surface area (TPSA) is 62.2 Å². The Morgan fingerprint density at radius 1 is 1.30 bits per heavy atom.